The second-order valence-corrected chi connectivity index (χ2v) is 5.97. The summed E-state index contributed by atoms with van der Waals surface area (Å²) < 4.78 is 2.33. The van der Waals surface area contributed by atoms with Gasteiger partial charge in [-0.1, -0.05) is 28.1 Å². The molecule has 0 aliphatic carbocycles. The molecule has 0 atom stereocenters. The first kappa shape index (κ1) is 11.7. The highest BCUT2D eigenvalue weighted by atomic mass is 79.9. The minimum atomic E-state index is 0.765. The summed E-state index contributed by atoms with van der Waals surface area (Å²) in [6, 6.07) is 16.4. The number of benzene rings is 2. The molecule has 0 fully saturated rings. The van der Waals surface area contributed by atoms with Gasteiger partial charge < -0.3 is 5.32 Å². The molecule has 0 radical (unpaired) electrons. The highest BCUT2D eigenvalue weighted by molar-refractivity contribution is 9.10. The van der Waals surface area contributed by atoms with Crippen LogP contribution < -0.4 is 5.32 Å². The third-order valence-corrected chi connectivity index (χ3v) is 4.19. The third-order valence-electron chi connectivity index (χ3n) is 2.63. The van der Waals surface area contributed by atoms with Crippen molar-refractivity contribution >= 4 is 43.2 Å². The average molecular weight is 319 g/mol. The van der Waals surface area contributed by atoms with Crippen molar-refractivity contribution in [2.24, 2.45) is 0 Å². The molecule has 1 aromatic heterocycles. The number of thiazole rings is 1. The van der Waals surface area contributed by atoms with Crippen LogP contribution in [0.25, 0.3) is 10.2 Å². The van der Waals surface area contributed by atoms with E-state index in [-0.39, 0.29) is 0 Å². The van der Waals surface area contributed by atoms with Crippen LogP contribution in [0.3, 0.4) is 0 Å². The lowest BCUT2D eigenvalue weighted by atomic mass is 10.3. The normalized spacial score (nSPS) is 10.7. The maximum Gasteiger partial charge on any atom is 0.113 e. The number of anilines is 1. The average Bonchev–Trinajstić information content (AvgIpc) is 2.81. The van der Waals surface area contributed by atoms with Crippen LogP contribution in [0.4, 0.5) is 5.69 Å². The molecule has 2 nitrogen and oxygen atoms in total. The van der Waals surface area contributed by atoms with Gasteiger partial charge in [-0.3, -0.25) is 0 Å². The molecule has 90 valence electrons. The molecule has 2 aromatic carbocycles. The summed E-state index contributed by atoms with van der Waals surface area (Å²) in [4.78, 5) is 4.59. The molecular weight excluding hydrogens is 308 g/mol. The largest absolute Gasteiger partial charge is 0.379 e. The number of aromatic nitrogens is 1. The maximum absolute atomic E-state index is 4.59. The Bertz CT molecular complexity index is 628. The number of halogens is 1. The molecule has 3 aromatic rings. The van der Waals surface area contributed by atoms with Gasteiger partial charge in [-0.15, -0.1) is 11.3 Å². The van der Waals surface area contributed by atoms with Crippen molar-refractivity contribution in [3.63, 3.8) is 0 Å². The SMILES string of the molecule is Brc1ccc(NCc2nc3ccccc3s2)cc1. The second kappa shape index (κ2) is 5.08. The van der Waals surface area contributed by atoms with E-state index >= 15 is 0 Å². The lowest BCUT2D eigenvalue weighted by Gasteiger charge is -2.03. The smallest absolute Gasteiger partial charge is 0.113 e. The van der Waals surface area contributed by atoms with E-state index in [1.54, 1.807) is 11.3 Å². The van der Waals surface area contributed by atoms with E-state index < -0.39 is 0 Å². The highest BCUT2D eigenvalue weighted by Gasteiger charge is 2.02. The van der Waals surface area contributed by atoms with Gasteiger partial charge in [0.05, 0.1) is 16.8 Å². The predicted molar refractivity (Wildman–Crippen MR) is 81.1 cm³/mol. The van der Waals surface area contributed by atoms with Gasteiger partial charge in [-0.25, -0.2) is 4.98 Å². The molecule has 0 amide bonds. The molecule has 0 aliphatic rings. The van der Waals surface area contributed by atoms with Gasteiger partial charge in [-0.2, -0.15) is 0 Å². The van der Waals surface area contributed by atoms with Crippen LogP contribution in [0, 0.1) is 0 Å². The number of fused-ring (bicyclic) bond motifs is 1. The number of nitrogens with zero attached hydrogens (tertiary/aromatic N) is 1. The molecule has 0 unspecified atom stereocenters. The first-order valence-corrected chi connectivity index (χ1v) is 7.26. The number of para-hydroxylation sites is 1. The van der Waals surface area contributed by atoms with Crippen LogP contribution in [-0.4, -0.2) is 4.98 Å². The summed E-state index contributed by atoms with van der Waals surface area (Å²) >= 11 is 5.16. The van der Waals surface area contributed by atoms with E-state index in [2.05, 4.69) is 50.5 Å². The van der Waals surface area contributed by atoms with Crippen molar-refractivity contribution in [2.45, 2.75) is 6.54 Å². The van der Waals surface area contributed by atoms with E-state index in [1.165, 1.54) is 4.70 Å². The Morgan fingerprint density at radius 1 is 1.06 bits per heavy atom. The Labute approximate surface area is 118 Å². The summed E-state index contributed by atoms with van der Waals surface area (Å²) in [5.74, 6) is 0. The monoisotopic (exact) mass is 318 g/mol. The molecule has 3 rings (SSSR count). The van der Waals surface area contributed by atoms with Crippen molar-refractivity contribution in [3.05, 3.63) is 58.0 Å². The van der Waals surface area contributed by atoms with Crippen molar-refractivity contribution in [2.75, 3.05) is 5.32 Å². The molecule has 0 spiro atoms. The topological polar surface area (TPSA) is 24.9 Å². The molecule has 0 bridgehead atoms. The van der Waals surface area contributed by atoms with Crippen molar-refractivity contribution in [1.82, 2.24) is 4.98 Å². The molecule has 1 N–H and O–H groups in total. The zero-order valence-corrected chi connectivity index (χ0v) is 12.0. The third kappa shape index (κ3) is 2.54. The fraction of sp³-hybridized carbons (Fsp3) is 0.0714. The van der Waals surface area contributed by atoms with Gasteiger partial charge in [-0.05, 0) is 36.4 Å². The van der Waals surface area contributed by atoms with Crippen LogP contribution in [0.2, 0.25) is 0 Å². The van der Waals surface area contributed by atoms with Crippen LogP contribution in [0.15, 0.2) is 53.0 Å². The summed E-state index contributed by atoms with van der Waals surface area (Å²) in [5.41, 5.74) is 2.19. The highest BCUT2D eigenvalue weighted by Crippen LogP contribution is 2.22. The number of hydrogen-bond acceptors (Lipinski definition) is 3. The van der Waals surface area contributed by atoms with E-state index in [9.17, 15) is 0 Å². The second-order valence-electron chi connectivity index (χ2n) is 3.94. The Hall–Kier alpha value is -1.39. The van der Waals surface area contributed by atoms with Gasteiger partial charge in [0.1, 0.15) is 5.01 Å². The first-order valence-electron chi connectivity index (χ1n) is 5.65. The molecule has 1 heterocycles. The molecule has 0 saturated carbocycles. The number of rotatable bonds is 3. The molecule has 18 heavy (non-hydrogen) atoms. The molecule has 0 aliphatic heterocycles. The van der Waals surface area contributed by atoms with E-state index in [4.69, 9.17) is 0 Å². The number of nitrogens with one attached hydrogen (secondary N) is 1. The van der Waals surface area contributed by atoms with E-state index in [0.717, 1.165) is 27.2 Å². The summed E-state index contributed by atoms with van der Waals surface area (Å²) in [7, 11) is 0. The Morgan fingerprint density at radius 2 is 1.83 bits per heavy atom. The predicted octanol–water partition coefficient (Wildman–Crippen LogP) is 4.67. The molecule has 4 heteroatoms. The fourth-order valence-electron chi connectivity index (χ4n) is 1.74. The van der Waals surface area contributed by atoms with Crippen molar-refractivity contribution < 1.29 is 0 Å². The Balaban J connectivity index is 1.74. The van der Waals surface area contributed by atoms with E-state index in [1.807, 2.05) is 24.3 Å². The summed E-state index contributed by atoms with van der Waals surface area (Å²) in [6.45, 7) is 0.765. The lowest BCUT2D eigenvalue weighted by Crippen LogP contribution is -1.98. The van der Waals surface area contributed by atoms with Crippen LogP contribution in [0.1, 0.15) is 5.01 Å². The van der Waals surface area contributed by atoms with Gasteiger partial charge >= 0.3 is 0 Å². The van der Waals surface area contributed by atoms with Gasteiger partial charge in [0, 0.05) is 10.2 Å². The fourth-order valence-corrected chi connectivity index (χ4v) is 2.91. The molecule has 0 saturated heterocycles. The summed E-state index contributed by atoms with van der Waals surface area (Å²) in [6.07, 6.45) is 0. The maximum atomic E-state index is 4.59. The molecular formula is C14H11BrN2S. The first-order chi connectivity index (χ1) is 8.81. The van der Waals surface area contributed by atoms with Gasteiger partial charge in [0.25, 0.3) is 0 Å². The minimum Gasteiger partial charge on any atom is -0.379 e. The van der Waals surface area contributed by atoms with E-state index in [0.29, 0.717) is 0 Å². The Morgan fingerprint density at radius 3 is 2.61 bits per heavy atom. The minimum absolute atomic E-state index is 0.765. The van der Waals surface area contributed by atoms with Crippen LogP contribution >= 0.6 is 27.3 Å². The Kier molecular flexibility index (Phi) is 3.30. The quantitative estimate of drug-likeness (QED) is 0.759. The van der Waals surface area contributed by atoms with Gasteiger partial charge in [0.2, 0.25) is 0 Å². The van der Waals surface area contributed by atoms with Gasteiger partial charge in [0.15, 0.2) is 0 Å². The van der Waals surface area contributed by atoms with Crippen molar-refractivity contribution in [3.8, 4) is 0 Å². The summed E-state index contributed by atoms with van der Waals surface area (Å²) in [5, 5.41) is 4.49. The lowest BCUT2D eigenvalue weighted by molar-refractivity contribution is 1.12. The van der Waals surface area contributed by atoms with Crippen LogP contribution in [-0.2, 0) is 6.54 Å². The zero-order chi connectivity index (χ0) is 12.4. The standard InChI is InChI=1S/C14H11BrN2S/c15-10-5-7-11(8-6-10)16-9-14-17-12-3-1-2-4-13(12)18-14/h1-8,16H,9H2. The van der Waals surface area contributed by atoms with Crippen LogP contribution in [0.5, 0.6) is 0 Å². The van der Waals surface area contributed by atoms with Crippen molar-refractivity contribution in [1.29, 1.82) is 0 Å². The zero-order valence-electron chi connectivity index (χ0n) is 9.56. The number of hydrogen-bond donors (Lipinski definition) is 1.